The standard InChI is InChI=1S/C14H9Cl2NO3/c15-8-5-6-11(16)12(7-8)17-13(18)9-3-1-2-4-10(9)14(19)20/h1-7H,(H,17,18)(H,19,20). The highest BCUT2D eigenvalue weighted by molar-refractivity contribution is 6.36. The van der Waals surface area contributed by atoms with Crippen molar-refractivity contribution >= 4 is 40.8 Å². The average Bonchev–Trinajstić information content (AvgIpc) is 2.42. The molecule has 0 spiro atoms. The Balaban J connectivity index is 2.33. The van der Waals surface area contributed by atoms with Gasteiger partial charge >= 0.3 is 5.97 Å². The molecule has 0 fully saturated rings. The Morgan fingerprint density at radius 2 is 1.65 bits per heavy atom. The molecular formula is C14H9Cl2NO3. The molecule has 0 radical (unpaired) electrons. The van der Waals surface area contributed by atoms with Crippen molar-refractivity contribution in [2.45, 2.75) is 0 Å². The molecule has 0 atom stereocenters. The zero-order valence-electron chi connectivity index (χ0n) is 10.1. The van der Waals surface area contributed by atoms with Crippen molar-refractivity contribution in [3.05, 3.63) is 63.6 Å². The van der Waals surface area contributed by atoms with Crippen LogP contribution in [0.1, 0.15) is 20.7 Å². The second kappa shape index (κ2) is 5.94. The van der Waals surface area contributed by atoms with Gasteiger partial charge in [-0.3, -0.25) is 4.79 Å². The van der Waals surface area contributed by atoms with Crippen molar-refractivity contribution in [3.63, 3.8) is 0 Å². The van der Waals surface area contributed by atoms with Gasteiger partial charge in [-0.15, -0.1) is 0 Å². The fourth-order valence-electron chi connectivity index (χ4n) is 1.65. The van der Waals surface area contributed by atoms with E-state index in [0.29, 0.717) is 15.7 Å². The molecule has 4 nitrogen and oxygen atoms in total. The molecular weight excluding hydrogens is 301 g/mol. The van der Waals surface area contributed by atoms with E-state index >= 15 is 0 Å². The van der Waals surface area contributed by atoms with Gasteiger partial charge in [-0.05, 0) is 30.3 Å². The van der Waals surface area contributed by atoms with Crippen LogP contribution in [0.25, 0.3) is 0 Å². The second-order valence-corrected chi connectivity index (χ2v) is 4.77. The van der Waals surface area contributed by atoms with E-state index in [-0.39, 0.29) is 11.1 Å². The summed E-state index contributed by atoms with van der Waals surface area (Å²) in [6, 6.07) is 10.5. The Bertz CT molecular complexity index is 686. The summed E-state index contributed by atoms with van der Waals surface area (Å²) in [5.41, 5.74) is 0.295. The predicted molar refractivity (Wildman–Crippen MR) is 77.8 cm³/mol. The highest BCUT2D eigenvalue weighted by Gasteiger charge is 2.16. The molecule has 0 saturated heterocycles. The minimum Gasteiger partial charge on any atom is -0.478 e. The van der Waals surface area contributed by atoms with Gasteiger partial charge in [0.15, 0.2) is 0 Å². The predicted octanol–water partition coefficient (Wildman–Crippen LogP) is 3.94. The number of anilines is 1. The Hall–Kier alpha value is -2.04. The molecule has 1 amide bonds. The number of hydrogen-bond acceptors (Lipinski definition) is 2. The fourth-order valence-corrected chi connectivity index (χ4v) is 1.99. The minimum absolute atomic E-state index is 0.0519. The maximum Gasteiger partial charge on any atom is 0.336 e. The van der Waals surface area contributed by atoms with Gasteiger partial charge in [0.05, 0.1) is 21.8 Å². The lowest BCUT2D eigenvalue weighted by Crippen LogP contribution is -2.16. The molecule has 0 heterocycles. The van der Waals surface area contributed by atoms with Crippen molar-refractivity contribution < 1.29 is 14.7 Å². The van der Waals surface area contributed by atoms with Crippen molar-refractivity contribution in [2.24, 2.45) is 0 Å². The van der Waals surface area contributed by atoms with Crippen molar-refractivity contribution in [1.29, 1.82) is 0 Å². The molecule has 0 aliphatic rings. The summed E-state index contributed by atoms with van der Waals surface area (Å²) in [7, 11) is 0. The van der Waals surface area contributed by atoms with Crippen LogP contribution in [-0.4, -0.2) is 17.0 Å². The third-order valence-corrected chi connectivity index (χ3v) is 3.14. The maximum absolute atomic E-state index is 12.1. The summed E-state index contributed by atoms with van der Waals surface area (Å²) < 4.78 is 0. The molecule has 0 unspecified atom stereocenters. The van der Waals surface area contributed by atoms with Crippen LogP contribution in [0.2, 0.25) is 10.0 Å². The van der Waals surface area contributed by atoms with Crippen molar-refractivity contribution in [3.8, 4) is 0 Å². The molecule has 0 aliphatic heterocycles. The van der Waals surface area contributed by atoms with Gasteiger partial charge < -0.3 is 10.4 Å². The molecule has 0 saturated carbocycles. The Kier molecular flexibility index (Phi) is 4.27. The first kappa shape index (κ1) is 14.4. The topological polar surface area (TPSA) is 66.4 Å². The number of halogens is 2. The van der Waals surface area contributed by atoms with Crippen molar-refractivity contribution in [2.75, 3.05) is 5.32 Å². The summed E-state index contributed by atoms with van der Waals surface area (Å²) in [5.74, 6) is -1.74. The van der Waals surface area contributed by atoms with Gasteiger partial charge in [-0.25, -0.2) is 4.79 Å². The van der Waals surface area contributed by atoms with Gasteiger partial charge in [-0.1, -0.05) is 35.3 Å². The number of carboxylic acids is 1. The lowest BCUT2D eigenvalue weighted by Gasteiger charge is -2.09. The maximum atomic E-state index is 12.1. The number of nitrogens with one attached hydrogen (secondary N) is 1. The first-order valence-electron chi connectivity index (χ1n) is 5.58. The molecule has 0 aliphatic carbocycles. The van der Waals surface area contributed by atoms with E-state index in [0.717, 1.165) is 0 Å². The highest BCUT2D eigenvalue weighted by atomic mass is 35.5. The SMILES string of the molecule is O=C(O)c1ccccc1C(=O)Nc1cc(Cl)ccc1Cl. The van der Waals surface area contributed by atoms with Gasteiger partial charge in [0.25, 0.3) is 5.91 Å². The molecule has 2 aromatic carbocycles. The van der Waals surface area contributed by atoms with Crippen molar-refractivity contribution in [1.82, 2.24) is 0 Å². The van der Waals surface area contributed by atoms with E-state index < -0.39 is 11.9 Å². The normalized spacial score (nSPS) is 10.1. The Morgan fingerprint density at radius 1 is 1.00 bits per heavy atom. The number of carbonyl (C=O) groups excluding carboxylic acids is 1. The first-order valence-corrected chi connectivity index (χ1v) is 6.33. The van der Waals surface area contributed by atoms with Crippen LogP contribution in [0.5, 0.6) is 0 Å². The molecule has 0 bridgehead atoms. The molecule has 2 aromatic rings. The zero-order chi connectivity index (χ0) is 14.7. The first-order chi connectivity index (χ1) is 9.49. The molecule has 6 heteroatoms. The Morgan fingerprint density at radius 3 is 2.30 bits per heavy atom. The van der Waals surface area contributed by atoms with Crippen LogP contribution in [0.3, 0.4) is 0 Å². The monoisotopic (exact) mass is 309 g/mol. The third-order valence-electron chi connectivity index (χ3n) is 2.58. The number of carbonyl (C=O) groups is 2. The van der Waals surface area contributed by atoms with Crippen LogP contribution in [-0.2, 0) is 0 Å². The van der Waals surface area contributed by atoms with E-state index in [1.807, 2.05) is 0 Å². The average molecular weight is 310 g/mol. The number of aromatic carboxylic acids is 1. The van der Waals surface area contributed by atoms with Crippen LogP contribution in [0, 0.1) is 0 Å². The van der Waals surface area contributed by atoms with E-state index in [1.54, 1.807) is 24.3 Å². The summed E-state index contributed by atoms with van der Waals surface area (Å²) in [6.45, 7) is 0. The largest absolute Gasteiger partial charge is 0.478 e. The summed E-state index contributed by atoms with van der Waals surface area (Å²) in [6.07, 6.45) is 0. The summed E-state index contributed by atoms with van der Waals surface area (Å²) >= 11 is 11.8. The van der Waals surface area contributed by atoms with Gasteiger partial charge in [0, 0.05) is 5.02 Å². The van der Waals surface area contributed by atoms with Gasteiger partial charge in [-0.2, -0.15) is 0 Å². The highest BCUT2D eigenvalue weighted by Crippen LogP contribution is 2.26. The minimum atomic E-state index is -1.17. The lowest BCUT2D eigenvalue weighted by atomic mass is 10.1. The van der Waals surface area contributed by atoms with E-state index in [9.17, 15) is 9.59 Å². The number of rotatable bonds is 3. The van der Waals surface area contributed by atoms with E-state index in [4.69, 9.17) is 28.3 Å². The number of carboxylic acid groups (broad SMARTS) is 1. The van der Waals surface area contributed by atoms with E-state index in [2.05, 4.69) is 5.32 Å². The number of benzene rings is 2. The fraction of sp³-hybridized carbons (Fsp3) is 0. The molecule has 0 aromatic heterocycles. The third kappa shape index (κ3) is 3.10. The molecule has 2 N–H and O–H groups in total. The quantitative estimate of drug-likeness (QED) is 0.902. The van der Waals surface area contributed by atoms with Gasteiger partial charge in [0.2, 0.25) is 0 Å². The Labute approximate surface area is 124 Å². The smallest absolute Gasteiger partial charge is 0.336 e. The second-order valence-electron chi connectivity index (χ2n) is 3.93. The lowest BCUT2D eigenvalue weighted by molar-refractivity contribution is 0.0692. The molecule has 2 rings (SSSR count). The van der Waals surface area contributed by atoms with Crippen LogP contribution < -0.4 is 5.32 Å². The number of hydrogen-bond donors (Lipinski definition) is 2. The van der Waals surface area contributed by atoms with Crippen LogP contribution in [0.15, 0.2) is 42.5 Å². The molecule has 102 valence electrons. The number of amides is 1. The van der Waals surface area contributed by atoms with Crippen LogP contribution >= 0.6 is 23.2 Å². The summed E-state index contributed by atoms with van der Waals surface area (Å²) in [4.78, 5) is 23.2. The van der Waals surface area contributed by atoms with E-state index in [1.165, 1.54) is 18.2 Å². The molecule has 20 heavy (non-hydrogen) atoms. The van der Waals surface area contributed by atoms with Crippen LogP contribution in [0.4, 0.5) is 5.69 Å². The van der Waals surface area contributed by atoms with Gasteiger partial charge in [0.1, 0.15) is 0 Å². The zero-order valence-corrected chi connectivity index (χ0v) is 11.6. The summed E-state index contributed by atoms with van der Waals surface area (Å²) in [5, 5.41) is 12.3.